The molecule has 0 aliphatic carbocycles. The number of rotatable bonds is 2. The summed E-state index contributed by atoms with van der Waals surface area (Å²) in [6, 6.07) is 20.3. The monoisotopic (exact) mass is 337 g/mol. The van der Waals surface area contributed by atoms with E-state index < -0.39 is 0 Å². The van der Waals surface area contributed by atoms with E-state index in [0.29, 0.717) is 0 Å². The molecule has 0 aliphatic heterocycles. The van der Waals surface area contributed by atoms with Gasteiger partial charge in [0.25, 0.3) is 0 Å². The molecule has 0 bridgehead atoms. The number of hydrogen-bond donors (Lipinski definition) is 0. The van der Waals surface area contributed by atoms with Crippen LogP contribution in [0.3, 0.4) is 0 Å². The van der Waals surface area contributed by atoms with Crippen LogP contribution in [-0.4, -0.2) is 25.0 Å². The van der Waals surface area contributed by atoms with Crippen molar-refractivity contribution in [1.29, 1.82) is 0 Å². The lowest BCUT2D eigenvalue weighted by Crippen LogP contribution is -2.02. The maximum Gasteiger partial charge on any atom is 0.183 e. The highest BCUT2D eigenvalue weighted by molar-refractivity contribution is 5.89. The molecule has 2 aromatic carbocycles. The first-order chi connectivity index (χ1) is 12.8. The summed E-state index contributed by atoms with van der Waals surface area (Å²) in [6.07, 6.45) is 3.76. The molecule has 3 aromatic heterocycles. The summed E-state index contributed by atoms with van der Waals surface area (Å²) in [5.74, 6) is 0.721. The van der Waals surface area contributed by atoms with Crippen molar-refractivity contribution in [1.82, 2.24) is 25.0 Å². The number of fused-ring (bicyclic) bond motifs is 2. The molecule has 5 nitrogen and oxygen atoms in total. The van der Waals surface area contributed by atoms with Crippen molar-refractivity contribution in [2.75, 3.05) is 0 Å². The van der Waals surface area contributed by atoms with Crippen molar-refractivity contribution < 1.29 is 0 Å². The fourth-order valence-electron chi connectivity index (χ4n) is 3.19. The summed E-state index contributed by atoms with van der Waals surface area (Å²) in [4.78, 5) is 4.74. The van der Waals surface area contributed by atoms with Gasteiger partial charge in [-0.25, -0.2) is 9.67 Å². The largest absolute Gasteiger partial charge is 0.248 e. The lowest BCUT2D eigenvalue weighted by Gasteiger charge is -2.06. The maximum atomic E-state index is 4.74. The Labute approximate surface area is 150 Å². The second kappa shape index (κ2) is 5.74. The molecule has 0 atom stereocenters. The second-order valence-corrected chi connectivity index (χ2v) is 6.22. The third kappa shape index (κ3) is 2.33. The first-order valence-corrected chi connectivity index (χ1v) is 8.43. The Morgan fingerprint density at radius 2 is 1.62 bits per heavy atom. The van der Waals surface area contributed by atoms with Crippen molar-refractivity contribution in [3.63, 3.8) is 0 Å². The number of para-hydroxylation sites is 1. The Bertz CT molecular complexity index is 1260. The molecule has 0 fully saturated rings. The molecule has 0 spiro atoms. The molecule has 0 saturated heterocycles. The summed E-state index contributed by atoms with van der Waals surface area (Å²) in [5.41, 5.74) is 3.72. The van der Waals surface area contributed by atoms with Crippen LogP contribution in [0.25, 0.3) is 38.8 Å². The fraction of sp³-hybridized carbons (Fsp3) is 0.0476. The summed E-state index contributed by atoms with van der Waals surface area (Å²) in [5, 5.41) is 16.4. The van der Waals surface area contributed by atoms with E-state index in [0.717, 1.165) is 44.4 Å². The van der Waals surface area contributed by atoms with Gasteiger partial charge in [0.05, 0.1) is 23.1 Å². The normalized spacial score (nSPS) is 11.3. The van der Waals surface area contributed by atoms with E-state index in [4.69, 9.17) is 4.98 Å². The molecule has 0 radical (unpaired) electrons. The predicted molar refractivity (Wildman–Crippen MR) is 102 cm³/mol. The molecule has 0 amide bonds. The summed E-state index contributed by atoms with van der Waals surface area (Å²) in [7, 11) is 0. The summed E-state index contributed by atoms with van der Waals surface area (Å²) in [6.45, 7) is 1.96. The van der Waals surface area contributed by atoms with Crippen LogP contribution in [0.5, 0.6) is 0 Å². The predicted octanol–water partition coefficient (Wildman–Crippen LogP) is 4.34. The third-order valence-corrected chi connectivity index (χ3v) is 4.55. The molecule has 3 heterocycles. The molecule has 5 aromatic rings. The fourth-order valence-corrected chi connectivity index (χ4v) is 3.19. The molecule has 0 N–H and O–H groups in total. The Balaban J connectivity index is 1.63. The number of nitrogens with zero attached hydrogens (tertiary/aromatic N) is 5. The van der Waals surface area contributed by atoms with Gasteiger partial charge in [0.15, 0.2) is 5.82 Å². The van der Waals surface area contributed by atoms with Crippen LogP contribution in [-0.2, 0) is 0 Å². The van der Waals surface area contributed by atoms with Crippen LogP contribution in [0, 0.1) is 6.92 Å². The van der Waals surface area contributed by atoms with E-state index in [9.17, 15) is 0 Å². The van der Waals surface area contributed by atoms with Crippen LogP contribution in [0.2, 0.25) is 0 Å². The first-order valence-electron chi connectivity index (χ1n) is 8.43. The van der Waals surface area contributed by atoms with Crippen molar-refractivity contribution >= 4 is 21.7 Å². The average molecular weight is 337 g/mol. The van der Waals surface area contributed by atoms with Crippen molar-refractivity contribution in [2.24, 2.45) is 0 Å². The number of pyridine rings is 1. The van der Waals surface area contributed by atoms with Gasteiger partial charge in [-0.1, -0.05) is 48.5 Å². The van der Waals surface area contributed by atoms with E-state index in [1.54, 1.807) is 4.68 Å². The van der Waals surface area contributed by atoms with Crippen LogP contribution in [0.1, 0.15) is 5.69 Å². The summed E-state index contributed by atoms with van der Waals surface area (Å²) >= 11 is 0. The Hall–Kier alpha value is -3.60. The highest BCUT2D eigenvalue weighted by atomic mass is 15.3. The zero-order chi connectivity index (χ0) is 17.5. The molecular weight excluding hydrogens is 322 g/mol. The molecule has 0 saturated carbocycles. The maximum absolute atomic E-state index is 4.74. The molecular formula is C21H15N5. The van der Waals surface area contributed by atoms with Gasteiger partial charge in [-0.2, -0.15) is 10.2 Å². The van der Waals surface area contributed by atoms with Gasteiger partial charge in [-0.15, -0.1) is 5.10 Å². The lowest BCUT2D eigenvalue weighted by molar-refractivity contribution is 0.819. The minimum Gasteiger partial charge on any atom is -0.248 e. The van der Waals surface area contributed by atoms with Gasteiger partial charge >= 0.3 is 0 Å². The minimum atomic E-state index is 0.721. The lowest BCUT2D eigenvalue weighted by atomic mass is 10.1. The molecule has 124 valence electrons. The molecule has 26 heavy (non-hydrogen) atoms. The molecule has 5 heteroatoms. The Morgan fingerprint density at radius 1 is 0.808 bits per heavy atom. The number of hydrogen-bond acceptors (Lipinski definition) is 4. The minimum absolute atomic E-state index is 0.721. The number of benzene rings is 2. The summed E-state index contributed by atoms with van der Waals surface area (Å²) < 4.78 is 1.76. The number of aryl methyl sites for hydroxylation is 1. The first kappa shape index (κ1) is 14.7. The van der Waals surface area contributed by atoms with E-state index >= 15 is 0 Å². The van der Waals surface area contributed by atoms with Gasteiger partial charge < -0.3 is 0 Å². The highest BCUT2D eigenvalue weighted by Crippen LogP contribution is 2.24. The van der Waals surface area contributed by atoms with Gasteiger partial charge in [0.1, 0.15) is 0 Å². The van der Waals surface area contributed by atoms with Gasteiger partial charge in [-0.3, -0.25) is 0 Å². The molecule has 0 aliphatic rings. The second-order valence-electron chi connectivity index (χ2n) is 6.22. The van der Waals surface area contributed by atoms with Gasteiger partial charge in [0.2, 0.25) is 0 Å². The van der Waals surface area contributed by atoms with Crippen LogP contribution < -0.4 is 0 Å². The van der Waals surface area contributed by atoms with Crippen molar-refractivity contribution in [3.05, 3.63) is 78.8 Å². The van der Waals surface area contributed by atoms with E-state index in [2.05, 4.69) is 33.5 Å². The SMILES string of the molecule is Cc1nnc(-n2cc(-c3ccc4ccccc4n3)cn2)c2ccccc12. The Morgan fingerprint density at radius 3 is 2.54 bits per heavy atom. The highest BCUT2D eigenvalue weighted by Gasteiger charge is 2.11. The smallest absolute Gasteiger partial charge is 0.183 e. The van der Waals surface area contributed by atoms with Crippen molar-refractivity contribution in [2.45, 2.75) is 6.92 Å². The zero-order valence-electron chi connectivity index (χ0n) is 14.2. The third-order valence-electron chi connectivity index (χ3n) is 4.55. The van der Waals surface area contributed by atoms with E-state index in [-0.39, 0.29) is 0 Å². The Kier molecular flexibility index (Phi) is 3.25. The average Bonchev–Trinajstić information content (AvgIpc) is 3.18. The number of aromatic nitrogens is 5. The zero-order valence-corrected chi connectivity index (χ0v) is 14.2. The standard InChI is InChI=1S/C21H15N5/c1-14-17-7-3-4-8-18(17)21(25-24-14)26-13-16(12-22-26)20-11-10-15-6-2-5-9-19(15)23-20/h2-13H,1H3. The molecule has 5 rings (SSSR count). The quantitative estimate of drug-likeness (QED) is 0.481. The van der Waals surface area contributed by atoms with E-state index in [1.165, 1.54) is 0 Å². The topological polar surface area (TPSA) is 56.5 Å². The molecule has 0 unspecified atom stereocenters. The van der Waals surface area contributed by atoms with Crippen molar-refractivity contribution in [3.8, 4) is 17.1 Å². The van der Waals surface area contributed by atoms with Gasteiger partial charge in [-0.05, 0) is 19.1 Å². The van der Waals surface area contributed by atoms with E-state index in [1.807, 2.05) is 61.8 Å². The van der Waals surface area contributed by atoms with Gasteiger partial charge in [0, 0.05) is 27.9 Å². The van der Waals surface area contributed by atoms with Crippen LogP contribution >= 0.6 is 0 Å². The van der Waals surface area contributed by atoms with Crippen LogP contribution in [0.15, 0.2) is 73.1 Å². The van der Waals surface area contributed by atoms with Crippen LogP contribution in [0.4, 0.5) is 0 Å².